The van der Waals surface area contributed by atoms with E-state index in [-0.39, 0.29) is 11.4 Å². The minimum absolute atomic E-state index is 0.00800. The minimum atomic E-state index is -0.334. The molecule has 1 amide bonds. The maximum Gasteiger partial charge on any atom is 0.217 e. The highest BCUT2D eigenvalue weighted by atomic mass is 16.5. The second-order valence-electron chi connectivity index (χ2n) is 7.08. The number of carbonyl (C=O) groups is 1. The van der Waals surface area contributed by atoms with E-state index in [9.17, 15) is 4.79 Å². The highest BCUT2D eigenvalue weighted by Gasteiger charge is 2.36. The van der Waals surface area contributed by atoms with Gasteiger partial charge in [0.15, 0.2) is 0 Å². The van der Waals surface area contributed by atoms with Gasteiger partial charge in [0.05, 0.1) is 24.3 Å². The number of benzene rings is 2. The summed E-state index contributed by atoms with van der Waals surface area (Å²) < 4.78 is 5.25. The molecule has 5 heteroatoms. The average molecular weight is 363 g/mol. The molecule has 1 fully saturated rings. The fraction of sp³-hybridized carbons (Fsp3) is 0.364. The first-order chi connectivity index (χ1) is 13.0. The van der Waals surface area contributed by atoms with Crippen molar-refractivity contribution in [2.75, 3.05) is 20.2 Å². The maximum atomic E-state index is 11.9. The van der Waals surface area contributed by atoms with Crippen LogP contribution in [-0.2, 0) is 16.9 Å². The van der Waals surface area contributed by atoms with Crippen molar-refractivity contribution in [2.45, 2.75) is 31.8 Å². The van der Waals surface area contributed by atoms with Crippen LogP contribution in [0.2, 0.25) is 0 Å². The van der Waals surface area contributed by atoms with Gasteiger partial charge in [0.2, 0.25) is 5.91 Å². The van der Waals surface area contributed by atoms with Crippen LogP contribution >= 0.6 is 0 Å². The summed E-state index contributed by atoms with van der Waals surface area (Å²) >= 11 is 0. The highest BCUT2D eigenvalue weighted by molar-refractivity contribution is 5.74. The molecule has 2 aromatic rings. The van der Waals surface area contributed by atoms with Crippen molar-refractivity contribution in [1.29, 1.82) is 5.26 Å². The lowest BCUT2D eigenvalue weighted by Crippen LogP contribution is -2.52. The molecule has 140 valence electrons. The van der Waals surface area contributed by atoms with Gasteiger partial charge in [-0.05, 0) is 48.2 Å². The zero-order valence-corrected chi connectivity index (χ0v) is 15.9. The molecule has 1 aliphatic heterocycles. The first kappa shape index (κ1) is 18.9. The van der Waals surface area contributed by atoms with Crippen molar-refractivity contribution in [2.24, 2.45) is 0 Å². The van der Waals surface area contributed by atoms with E-state index >= 15 is 0 Å². The number of piperidine rings is 1. The predicted octanol–water partition coefficient (Wildman–Crippen LogP) is 3.19. The van der Waals surface area contributed by atoms with Gasteiger partial charge in [0.1, 0.15) is 5.75 Å². The van der Waals surface area contributed by atoms with Gasteiger partial charge < -0.3 is 10.1 Å². The Kier molecular flexibility index (Phi) is 5.78. The lowest BCUT2D eigenvalue weighted by atomic mass is 9.80. The Balaban J connectivity index is 1.71. The largest absolute Gasteiger partial charge is 0.497 e. The van der Waals surface area contributed by atoms with Crippen LogP contribution in [0, 0.1) is 11.3 Å². The summed E-state index contributed by atoms with van der Waals surface area (Å²) in [5.74, 6) is 0.807. The first-order valence-electron chi connectivity index (χ1n) is 9.19. The SMILES string of the molecule is COc1ccc(C2(NC(C)=O)CCN(Cc3ccc(C#N)cc3)CC2)cc1. The van der Waals surface area contributed by atoms with Crippen LogP contribution in [0.3, 0.4) is 0 Å². The quantitative estimate of drug-likeness (QED) is 0.886. The number of nitrogens with one attached hydrogen (secondary N) is 1. The van der Waals surface area contributed by atoms with Crippen LogP contribution in [0.1, 0.15) is 36.5 Å². The Morgan fingerprint density at radius 2 is 1.78 bits per heavy atom. The van der Waals surface area contributed by atoms with Crippen molar-refractivity contribution >= 4 is 5.91 Å². The number of carbonyl (C=O) groups excluding carboxylic acids is 1. The minimum Gasteiger partial charge on any atom is -0.497 e. The average Bonchev–Trinajstić information content (AvgIpc) is 2.70. The van der Waals surface area contributed by atoms with Gasteiger partial charge in [0, 0.05) is 26.6 Å². The van der Waals surface area contributed by atoms with Crippen molar-refractivity contribution in [3.63, 3.8) is 0 Å². The van der Waals surface area contributed by atoms with Gasteiger partial charge in [-0.25, -0.2) is 0 Å². The van der Waals surface area contributed by atoms with Crippen LogP contribution in [0.5, 0.6) is 5.75 Å². The third-order valence-electron chi connectivity index (χ3n) is 5.26. The van der Waals surface area contributed by atoms with Crippen molar-refractivity contribution in [3.8, 4) is 11.8 Å². The van der Waals surface area contributed by atoms with E-state index in [0.717, 1.165) is 43.8 Å². The molecule has 27 heavy (non-hydrogen) atoms. The summed E-state index contributed by atoms with van der Waals surface area (Å²) in [6, 6.07) is 17.9. The van der Waals surface area contributed by atoms with Gasteiger partial charge >= 0.3 is 0 Å². The lowest BCUT2D eigenvalue weighted by Gasteiger charge is -2.42. The molecule has 0 spiro atoms. The second kappa shape index (κ2) is 8.24. The Morgan fingerprint density at radius 1 is 1.15 bits per heavy atom. The number of nitriles is 1. The van der Waals surface area contributed by atoms with E-state index in [4.69, 9.17) is 10.00 Å². The Hall–Kier alpha value is -2.84. The van der Waals surface area contributed by atoms with E-state index in [1.165, 1.54) is 5.56 Å². The molecular weight excluding hydrogens is 338 g/mol. The zero-order chi connectivity index (χ0) is 19.3. The van der Waals surface area contributed by atoms with Crippen LogP contribution in [-0.4, -0.2) is 31.0 Å². The van der Waals surface area contributed by atoms with Gasteiger partial charge in [0.25, 0.3) is 0 Å². The monoisotopic (exact) mass is 363 g/mol. The van der Waals surface area contributed by atoms with E-state index in [1.807, 2.05) is 48.5 Å². The van der Waals surface area contributed by atoms with Crippen LogP contribution < -0.4 is 10.1 Å². The van der Waals surface area contributed by atoms with Gasteiger partial charge in [-0.15, -0.1) is 0 Å². The molecule has 1 saturated heterocycles. The van der Waals surface area contributed by atoms with Crippen LogP contribution in [0.4, 0.5) is 0 Å². The molecule has 1 N–H and O–H groups in total. The van der Waals surface area contributed by atoms with Crippen LogP contribution in [0.15, 0.2) is 48.5 Å². The molecule has 1 heterocycles. The predicted molar refractivity (Wildman–Crippen MR) is 104 cm³/mol. The van der Waals surface area contributed by atoms with Gasteiger partial charge in [-0.1, -0.05) is 24.3 Å². The normalized spacial score (nSPS) is 16.3. The number of likely N-dealkylation sites (tertiary alicyclic amines) is 1. The molecule has 0 aromatic heterocycles. The summed E-state index contributed by atoms with van der Waals surface area (Å²) in [5, 5.41) is 12.1. The molecule has 0 saturated carbocycles. The zero-order valence-electron chi connectivity index (χ0n) is 15.9. The summed E-state index contributed by atoms with van der Waals surface area (Å²) in [6.45, 7) is 4.22. The Labute approximate surface area is 160 Å². The number of nitrogens with zero attached hydrogens (tertiary/aromatic N) is 2. The van der Waals surface area contributed by atoms with E-state index in [1.54, 1.807) is 14.0 Å². The number of ether oxygens (including phenoxy) is 1. The van der Waals surface area contributed by atoms with Crippen LogP contribution in [0.25, 0.3) is 0 Å². The smallest absolute Gasteiger partial charge is 0.217 e. The van der Waals surface area contributed by atoms with Gasteiger partial charge in [-0.3, -0.25) is 9.69 Å². The molecule has 2 aromatic carbocycles. The van der Waals surface area contributed by atoms with E-state index in [2.05, 4.69) is 16.3 Å². The Morgan fingerprint density at radius 3 is 2.30 bits per heavy atom. The fourth-order valence-corrected chi connectivity index (χ4v) is 3.77. The summed E-state index contributed by atoms with van der Waals surface area (Å²) in [6.07, 6.45) is 1.71. The number of rotatable bonds is 5. The molecule has 3 rings (SSSR count). The van der Waals surface area contributed by atoms with E-state index in [0.29, 0.717) is 5.56 Å². The molecule has 1 aliphatic rings. The molecule has 0 atom stereocenters. The topological polar surface area (TPSA) is 65.4 Å². The number of methoxy groups -OCH3 is 1. The molecular formula is C22H25N3O2. The Bertz CT molecular complexity index is 814. The lowest BCUT2D eigenvalue weighted by molar-refractivity contribution is -0.121. The van der Waals surface area contributed by atoms with Crippen molar-refractivity contribution in [1.82, 2.24) is 10.2 Å². The number of amides is 1. The molecule has 0 radical (unpaired) electrons. The summed E-state index contributed by atoms with van der Waals surface area (Å²) in [5.41, 5.74) is 2.67. The third-order valence-corrected chi connectivity index (χ3v) is 5.26. The third kappa shape index (κ3) is 4.47. The van der Waals surface area contributed by atoms with Crippen molar-refractivity contribution in [3.05, 3.63) is 65.2 Å². The second-order valence-corrected chi connectivity index (χ2v) is 7.08. The summed E-state index contributed by atoms with van der Waals surface area (Å²) in [4.78, 5) is 14.3. The molecule has 0 aliphatic carbocycles. The molecule has 0 bridgehead atoms. The number of hydrogen-bond acceptors (Lipinski definition) is 4. The molecule has 0 unspecified atom stereocenters. The number of hydrogen-bond donors (Lipinski definition) is 1. The summed E-state index contributed by atoms with van der Waals surface area (Å²) in [7, 11) is 1.65. The standard InChI is InChI=1S/C22H25N3O2/c1-17(26)24-22(20-7-9-21(27-2)10-8-20)11-13-25(14-12-22)16-19-5-3-18(15-23)4-6-19/h3-10H,11-14,16H2,1-2H3,(H,24,26). The highest BCUT2D eigenvalue weighted by Crippen LogP contribution is 2.34. The maximum absolute atomic E-state index is 11.9. The fourth-order valence-electron chi connectivity index (χ4n) is 3.77. The van der Waals surface area contributed by atoms with Gasteiger partial charge in [-0.2, -0.15) is 5.26 Å². The first-order valence-corrected chi connectivity index (χ1v) is 9.19. The van der Waals surface area contributed by atoms with Crippen molar-refractivity contribution < 1.29 is 9.53 Å². The molecule has 5 nitrogen and oxygen atoms in total. The van der Waals surface area contributed by atoms with E-state index < -0.39 is 0 Å².